The van der Waals surface area contributed by atoms with Crippen molar-refractivity contribution in [1.29, 1.82) is 0 Å². The molecule has 0 saturated heterocycles. The number of carbonyl (C=O) groups excluding carboxylic acids is 1. The molecule has 0 bridgehead atoms. The SMILES string of the molecule is COC(=O)c1ccc(Cl)c2[nH]cc(CSCCN3CC=C(c4ccccc4)CC3)c12. The van der Waals surface area contributed by atoms with Crippen LogP contribution in [-0.4, -0.2) is 48.4 Å². The number of hydrogen-bond donors (Lipinski definition) is 1. The predicted molar refractivity (Wildman–Crippen MR) is 126 cm³/mol. The maximum atomic E-state index is 12.2. The van der Waals surface area contributed by atoms with Gasteiger partial charge in [0.05, 0.1) is 23.2 Å². The number of hydrogen-bond acceptors (Lipinski definition) is 4. The van der Waals surface area contributed by atoms with Gasteiger partial charge in [0.15, 0.2) is 0 Å². The Labute approximate surface area is 186 Å². The lowest BCUT2D eigenvalue weighted by Crippen LogP contribution is -2.30. The zero-order chi connectivity index (χ0) is 20.9. The van der Waals surface area contributed by atoms with Crippen LogP contribution in [0.4, 0.5) is 0 Å². The van der Waals surface area contributed by atoms with Crippen molar-refractivity contribution >= 4 is 45.8 Å². The van der Waals surface area contributed by atoms with Crippen LogP contribution in [0.3, 0.4) is 0 Å². The molecule has 1 aliphatic rings. The van der Waals surface area contributed by atoms with E-state index < -0.39 is 0 Å². The molecule has 0 spiro atoms. The molecule has 2 aromatic carbocycles. The predicted octanol–water partition coefficient (Wildman–Crippen LogP) is 5.63. The lowest BCUT2D eigenvalue weighted by Gasteiger charge is -2.26. The lowest BCUT2D eigenvalue weighted by molar-refractivity contribution is 0.0603. The molecule has 6 heteroatoms. The Kier molecular flexibility index (Phi) is 6.82. The number of aromatic nitrogens is 1. The molecular weight excluding hydrogens is 416 g/mol. The van der Waals surface area contributed by atoms with E-state index >= 15 is 0 Å². The van der Waals surface area contributed by atoms with Gasteiger partial charge in [-0.15, -0.1) is 0 Å². The molecule has 0 atom stereocenters. The fourth-order valence-corrected chi connectivity index (χ4v) is 5.07. The van der Waals surface area contributed by atoms with Crippen LogP contribution in [0.15, 0.2) is 54.7 Å². The van der Waals surface area contributed by atoms with Gasteiger partial charge in [0, 0.05) is 42.7 Å². The highest BCUT2D eigenvalue weighted by Gasteiger charge is 2.17. The first kappa shape index (κ1) is 21.0. The number of nitrogens with zero attached hydrogens (tertiary/aromatic N) is 1. The molecular formula is C24H25ClN2O2S. The monoisotopic (exact) mass is 440 g/mol. The van der Waals surface area contributed by atoms with Gasteiger partial charge in [0.1, 0.15) is 0 Å². The topological polar surface area (TPSA) is 45.3 Å². The Morgan fingerprint density at radius 3 is 2.80 bits per heavy atom. The first-order chi connectivity index (χ1) is 14.7. The first-order valence-corrected chi connectivity index (χ1v) is 11.6. The van der Waals surface area contributed by atoms with E-state index in [-0.39, 0.29) is 5.97 Å². The fourth-order valence-electron chi connectivity index (χ4n) is 3.88. The standard InChI is InChI=1S/C24H25ClN2O2S/c1-29-24(28)20-7-8-21(25)23-22(20)19(15-26-23)16-30-14-13-27-11-9-18(10-12-27)17-5-3-2-4-6-17/h2-9,15,26H,10-14,16H2,1H3. The average molecular weight is 441 g/mol. The molecule has 0 fully saturated rings. The molecule has 3 aromatic rings. The maximum absolute atomic E-state index is 12.2. The van der Waals surface area contributed by atoms with Crippen molar-refractivity contribution in [3.05, 3.63) is 76.5 Å². The van der Waals surface area contributed by atoms with Crippen molar-refractivity contribution in [1.82, 2.24) is 9.88 Å². The summed E-state index contributed by atoms with van der Waals surface area (Å²) in [4.78, 5) is 17.9. The van der Waals surface area contributed by atoms with Crippen LogP contribution >= 0.6 is 23.4 Å². The highest BCUT2D eigenvalue weighted by atomic mass is 35.5. The first-order valence-electron chi connectivity index (χ1n) is 10.1. The summed E-state index contributed by atoms with van der Waals surface area (Å²) in [5, 5.41) is 1.48. The molecule has 0 unspecified atom stereocenters. The van der Waals surface area contributed by atoms with Gasteiger partial charge >= 0.3 is 5.97 Å². The highest BCUT2D eigenvalue weighted by Crippen LogP contribution is 2.31. The van der Waals surface area contributed by atoms with E-state index in [0.717, 1.165) is 54.0 Å². The van der Waals surface area contributed by atoms with Crippen molar-refractivity contribution in [3.8, 4) is 0 Å². The maximum Gasteiger partial charge on any atom is 0.338 e. The van der Waals surface area contributed by atoms with Gasteiger partial charge in [-0.2, -0.15) is 11.8 Å². The fraction of sp³-hybridized carbons (Fsp3) is 0.292. The van der Waals surface area contributed by atoms with Crippen molar-refractivity contribution in [2.24, 2.45) is 0 Å². The van der Waals surface area contributed by atoms with E-state index in [0.29, 0.717) is 10.6 Å². The minimum atomic E-state index is -0.336. The molecule has 0 saturated carbocycles. The van der Waals surface area contributed by atoms with E-state index in [2.05, 4.69) is 46.3 Å². The van der Waals surface area contributed by atoms with Gasteiger partial charge in [-0.05, 0) is 35.3 Å². The Morgan fingerprint density at radius 2 is 2.07 bits per heavy atom. The number of esters is 1. The average Bonchev–Trinajstić information content (AvgIpc) is 3.22. The van der Waals surface area contributed by atoms with Crippen molar-refractivity contribution < 1.29 is 9.53 Å². The molecule has 1 aromatic heterocycles. The summed E-state index contributed by atoms with van der Waals surface area (Å²) in [6, 6.07) is 14.1. The quantitative estimate of drug-likeness (QED) is 0.382. The number of nitrogens with one attached hydrogen (secondary N) is 1. The molecule has 0 radical (unpaired) electrons. The third-order valence-electron chi connectivity index (χ3n) is 5.52. The van der Waals surface area contributed by atoms with Gasteiger partial charge in [-0.25, -0.2) is 4.79 Å². The van der Waals surface area contributed by atoms with Gasteiger partial charge in [-0.3, -0.25) is 4.90 Å². The molecule has 0 aliphatic carbocycles. The Morgan fingerprint density at radius 1 is 1.23 bits per heavy atom. The van der Waals surface area contributed by atoms with Gasteiger partial charge in [-0.1, -0.05) is 48.0 Å². The normalized spacial score (nSPS) is 14.7. The van der Waals surface area contributed by atoms with Crippen LogP contribution in [0.2, 0.25) is 5.02 Å². The summed E-state index contributed by atoms with van der Waals surface area (Å²) in [7, 11) is 1.40. The van der Waals surface area contributed by atoms with Crippen LogP contribution in [-0.2, 0) is 10.5 Å². The van der Waals surface area contributed by atoms with E-state index in [1.165, 1.54) is 18.2 Å². The molecule has 30 heavy (non-hydrogen) atoms. The third kappa shape index (κ3) is 4.59. The van der Waals surface area contributed by atoms with Gasteiger partial charge in [0.2, 0.25) is 0 Å². The smallest absolute Gasteiger partial charge is 0.338 e. The number of rotatable bonds is 7. The lowest BCUT2D eigenvalue weighted by atomic mass is 10.00. The zero-order valence-corrected chi connectivity index (χ0v) is 18.6. The number of methoxy groups -OCH3 is 1. The summed E-state index contributed by atoms with van der Waals surface area (Å²) < 4.78 is 4.94. The van der Waals surface area contributed by atoms with E-state index in [4.69, 9.17) is 16.3 Å². The second-order valence-corrected chi connectivity index (χ2v) is 8.86. The van der Waals surface area contributed by atoms with E-state index in [9.17, 15) is 4.79 Å². The molecule has 156 valence electrons. The Hall–Kier alpha value is -2.21. The number of fused-ring (bicyclic) bond motifs is 1. The summed E-state index contributed by atoms with van der Waals surface area (Å²) in [6.45, 7) is 3.15. The van der Waals surface area contributed by atoms with Crippen LogP contribution in [0.1, 0.15) is 27.9 Å². The second-order valence-electron chi connectivity index (χ2n) is 7.35. The van der Waals surface area contributed by atoms with E-state index in [1.807, 2.05) is 18.0 Å². The zero-order valence-electron chi connectivity index (χ0n) is 17.0. The minimum absolute atomic E-state index is 0.336. The van der Waals surface area contributed by atoms with Crippen LogP contribution in [0, 0.1) is 0 Å². The Bertz CT molecular complexity index is 1060. The number of aromatic amines is 1. The molecule has 0 amide bonds. The number of thioether (sulfide) groups is 1. The number of ether oxygens (including phenoxy) is 1. The minimum Gasteiger partial charge on any atom is -0.465 e. The molecule has 1 aliphatic heterocycles. The Balaban J connectivity index is 1.33. The van der Waals surface area contributed by atoms with Crippen LogP contribution in [0.25, 0.3) is 16.5 Å². The van der Waals surface area contributed by atoms with Crippen molar-refractivity contribution in [3.63, 3.8) is 0 Å². The van der Waals surface area contributed by atoms with Gasteiger partial charge in [0.25, 0.3) is 0 Å². The summed E-state index contributed by atoms with van der Waals surface area (Å²) in [6.07, 6.45) is 5.40. The number of benzene rings is 2. The summed E-state index contributed by atoms with van der Waals surface area (Å²) >= 11 is 8.18. The summed E-state index contributed by atoms with van der Waals surface area (Å²) in [5.41, 5.74) is 5.23. The largest absolute Gasteiger partial charge is 0.465 e. The summed E-state index contributed by atoms with van der Waals surface area (Å²) in [5.74, 6) is 1.52. The number of halogens is 1. The molecule has 4 rings (SSSR count). The van der Waals surface area contributed by atoms with Crippen LogP contribution < -0.4 is 0 Å². The molecule has 4 nitrogen and oxygen atoms in total. The van der Waals surface area contributed by atoms with Crippen LogP contribution in [0.5, 0.6) is 0 Å². The van der Waals surface area contributed by atoms with Gasteiger partial charge < -0.3 is 9.72 Å². The third-order valence-corrected chi connectivity index (χ3v) is 6.82. The second kappa shape index (κ2) is 9.73. The number of carbonyl (C=O) groups is 1. The van der Waals surface area contributed by atoms with Crippen molar-refractivity contribution in [2.75, 3.05) is 32.5 Å². The number of H-pyrrole nitrogens is 1. The van der Waals surface area contributed by atoms with E-state index in [1.54, 1.807) is 12.1 Å². The molecule has 1 N–H and O–H groups in total. The highest BCUT2D eigenvalue weighted by molar-refractivity contribution is 7.98. The molecule has 2 heterocycles. The van der Waals surface area contributed by atoms with Crippen molar-refractivity contribution in [2.45, 2.75) is 12.2 Å².